The smallest absolute Gasteiger partial charge is 0.132 e. The number of nitrogens with one attached hydrogen (secondary N) is 1. The van der Waals surface area contributed by atoms with Gasteiger partial charge < -0.3 is 11.1 Å². The van der Waals surface area contributed by atoms with Crippen molar-refractivity contribution in [1.29, 1.82) is 0 Å². The number of anilines is 2. The number of hydrogen-bond donors (Lipinski definition) is 2. The van der Waals surface area contributed by atoms with Gasteiger partial charge in [-0.15, -0.1) is 0 Å². The number of nitrogen functional groups attached to an aromatic ring is 1. The lowest BCUT2D eigenvalue weighted by molar-refractivity contribution is 1.03. The maximum absolute atomic E-state index is 5.62. The molecule has 0 bridgehead atoms. The van der Waals surface area contributed by atoms with E-state index in [1.807, 2.05) is 6.92 Å². The van der Waals surface area contributed by atoms with Crippen molar-refractivity contribution >= 4 is 23.0 Å². The maximum atomic E-state index is 5.62. The lowest BCUT2D eigenvalue weighted by atomic mass is 10.3. The second kappa shape index (κ2) is 4.27. The minimum absolute atomic E-state index is 0.496. The average Bonchev–Trinajstić information content (AvgIpc) is 2.65. The summed E-state index contributed by atoms with van der Waals surface area (Å²) in [5.41, 5.74) is 6.86. The standard InChI is InChI=1S/C10H12N4S/c1-7-13-9(11)4-10(14-7)12-5-8-2-3-15-6-8/h2-4,6H,5H2,1H3,(H3,11,12,13,14). The molecule has 0 saturated carbocycles. The van der Waals surface area contributed by atoms with E-state index in [4.69, 9.17) is 5.73 Å². The summed E-state index contributed by atoms with van der Waals surface area (Å²) in [6.07, 6.45) is 0. The van der Waals surface area contributed by atoms with E-state index < -0.39 is 0 Å². The van der Waals surface area contributed by atoms with E-state index in [1.54, 1.807) is 17.4 Å². The molecule has 0 unspecified atom stereocenters. The Morgan fingerprint density at radius 2 is 2.33 bits per heavy atom. The second-order valence-electron chi connectivity index (χ2n) is 3.21. The number of thiophene rings is 1. The lowest BCUT2D eigenvalue weighted by Crippen LogP contribution is -2.04. The van der Waals surface area contributed by atoms with Crippen LogP contribution in [0.3, 0.4) is 0 Å². The highest BCUT2D eigenvalue weighted by Crippen LogP contribution is 2.11. The van der Waals surface area contributed by atoms with E-state index in [1.165, 1.54) is 5.56 Å². The van der Waals surface area contributed by atoms with Gasteiger partial charge in [-0.1, -0.05) is 0 Å². The quantitative estimate of drug-likeness (QED) is 0.830. The van der Waals surface area contributed by atoms with Gasteiger partial charge >= 0.3 is 0 Å². The van der Waals surface area contributed by atoms with Gasteiger partial charge in [0.15, 0.2) is 0 Å². The van der Waals surface area contributed by atoms with Crippen LogP contribution in [0.15, 0.2) is 22.9 Å². The molecule has 0 saturated heterocycles. The normalized spacial score (nSPS) is 10.2. The highest BCUT2D eigenvalue weighted by molar-refractivity contribution is 7.07. The van der Waals surface area contributed by atoms with Crippen LogP contribution in [0.1, 0.15) is 11.4 Å². The largest absolute Gasteiger partial charge is 0.384 e. The van der Waals surface area contributed by atoms with Gasteiger partial charge in [-0.25, -0.2) is 9.97 Å². The third-order valence-electron chi connectivity index (χ3n) is 1.91. The van der Waals surface area contributed by atoms with E-state index in [0.717, 1.165) is 12.4 Å². The van der Waals surface area contributed by atoms with Crippen LogP contribution in [0.5, 0.6) is 0 Å². The van der Waals surface area contributed by atoms with E-state index in [0.29, 0.717) is 11.6 Å². The molecule has 2 aromatic rings. The van der Waals surface area contributed by atoms with Gasteiger partial charge in [-0.2, -0.15) is 11.3 Å². The van der Waals surface area contributed by atoms with Crippen molar-refractivity contribution in [2.24, 2.45) is 0 Å². The fourth-order valence-corrected chi connectivity index (χ4v) is 1.94. The van der Waals surface area contributed by atoms with Crippen molar-refractivity contribution in [3.05, 3.63) is 34.3 Å². The molecule has 0 aliphatic heterocycles. The van der Waals surface area contributed by atoms with Crippen molar-refractivity contribution < 1.29 is 0 Å². The number of nitrogens with zero attached hydrogens (tertiary/aromatic N) is 2. The first-order valence-corrected chi connectivity index (χ1v) is 5.54. The Balaban J connectivity index is 2.05. The summed E-state index contributed by atoms with van der Waals surface area (Å²) in [6, 6.07) is 3.81. The van der Waals surface area contributed by atoms with Gasteiger partial charge in [0.1, 0.15) is 17.5 Å². The average molecular weight is 220 g/mol. The first-order valence-electron chi connectivity index (χ1n) is 4.60. The zero-order valence-corrected chi connectivity index (χ0v) is 9.21. The monoisotopic (exact) mass is 220 g/mol. The molecular formula is C10H12N4S. The minimum atomic E-state index is 0.496. The number of hydrogen-bond acceptors (Lipinski definition) is 5. The molecule has 2 aromatic heterocycles. The van der Waals surface area contributed by atoms with Crippen molar-refractivity contribution in [2.75, 3.05) is 11.1 Å². The van der Waals surface area contributed by atoms with Crippen molar-refractivity contribution in [3.63, 3.8) is 0 Å². The van der Waals surface area contributed by atoms with E-state index in [2.05, 4.69) is 32.1 Å². The van der Waals surface area contributed by atoms with Crippen LogP contribution in [0.4, 0.5) is 11.6 Å². The van der Waals surface area contributed by atoms with Crippen LogP contribution in [0.2, 0.25) is 0 Å². The predicted molar refractivity (Wildman–Crippen MR) is 62.8 cm³/mol. The highest BCUT2D eigenvalue weighted by Gasteiger charge is 1.99. The molecule has 0 fully saturated rings. The molecule has 3 N–H and O–H groups in total. The molecule has 0 amide bonds. The van der Waals surface area contributed by atoms with Crippen LogP contribution in [-0.4, -0.2) is 9.97 Å². The van der Waals surface area contributed by atoms with Gasteiger partial charge in [-0.3, -0.25) is 0 Å². The summed E-state index contributed by atoms with van der Waals surface area (Å²) >= 11 is 1.68. The molecule has 0 aliphatic carbocycles. The molecular weight excluding hydrogens is 208 g/mol. The maximum Gasteiger partial charge on any atom is 0.132 e. The molecule has 2 rings (SSSR count). The molecule has 2 heterocycles. The lowest BCUT2D eigenvalue weighted by Gasteiger charge is -2.05. The first kappa shape index (κ1) is 9.92. The van der Waals surface area contributed by atoms with Crippen LogP contribution in [0, 0.1) is 6.92 Å². The van der Waals surface area contributed by atoms with Crippen LogP contribution in [0.25, 0.3) is 0 Å². The third-order valence-corrected chi connectivity index (χ3v) is 2.64. The molecule has 0 atom stereocenters. The molecule has 0 spiro atoms. The second-order valence-corrected chi connectivity index (χ2v) is 3.99. The number of rotatable bonds is 3. The molecule has 78 valence electrons. The van der Waals surface area contributed by atoms with E-state index in [-0.39, 0.29) is 0 Å². The first-order chi connectivity index (χ1) is 7.24. The number of aromatic nitrogens is 2. The van der Waals surface area contributed by atoms with Gasteiger partial charge in [0.05, 0.1) is 0 Å². The molecule has 0 aromatic carbocycles. The molecule has 5 heteroatoms. The Bertz CT molecular complexity index is 418. The topological polar surface area (TPSA) is 63.8 Å². The molecule has 15 heavy (non-hydrogen) atoms. The van der Waals surface area contributed by atoms with Crippen molar-refractivity contribution in [1.82, 2.24) is 9.97 Å². The Hall–Kier alpha value is -1.62. The summed E-state index contributed by atoms with van der Waals surface area (Å²) in [5.74, 6) is 1.95. The van der Waals surface area contributed by atoms with E-state index in [9.17, 15) is 0 Å². The summed E-state index contributed by atoms with van der Waals surface area (Å²) in [6.45, 7) is 2.59. The Labute approximate surface area is 92.2 Å². The zero-order chi connectivity index (χ0) is 10.7. The van der Waals surface area contributed by atoms with Crippen LogP contribution in [-0.2, 0) is 6.54 Å². The fourth-order valence-electron chi connectivity index (χ4n) is 1.27. The summed E-state index contributed by atoms with van der Waals surface area (Å²) in [4.78, 5) is 8.24. The Morgan fingerprint density at radius 1 is 1.47 bits per heavy atom. The highest BCUT2D eigenvalue weighted by atomic mass is 32.1. The minimum Gasteiger partial charge on any atom is -0.384 e. The summed E-state index contributed by atoms with van der Waals surface area (Å²) in [5, 5.41) is 7.36. The predicted octanol–water partition coefficient (Wildman–Crippen LogP) is 2.04. The van der Waals surface area contributed by atoms with Gasteiger partial charge in [-0.05, 0) is 29.3 Å². The summed E-state index contributed by atoms with van der Waals surface area (Å²) < 4.78 is 0. The third kappa shape index (κ3) is 2.66. The SMILES string of the molecule is Cc1nc(N)cc(NCc2ccsc2)n1. The number of aryl methyl sites for hydroxylation is 1. The van der Waals surface area contributed by atoms with Gasteiger partial charge in [0.25, 0.3) is 0 Å². The molecule has 0 radical (unpaired) electrons. The Kier molecular flexibility index (Phi) is 2.82. The van der Waals surface area contributed by atoms with Crippen LogP contribution >= 0.6 is 11.3 Å². The summed E-state index contributed by atoms with van der Waals surface area (Å²) in [7, 11) is 0. The Morgan fingerprint density at radius 3 is 3.00 bits per heavy atom. The molecule has 4 nitrogen and oxygen atoms in total. The molecule has 0 aliphatic rings. The van der Waals surface area contributed by atoms with Gasteiger partial charge in [0.2, 0.25) is 0 Å². The zero-order valence-electron chi connectivity index (χ0n) is 8.40. The van der Waals surface area contributed by atoms with E-state index >= 15 is 0 Å². The van der Waals surface area contributed by atoms with Crippen molar-refractivity contribution in [3.8, 4) is 0 Å². The van der Waals surface area contributed by atoms with Crippen LogP contribution < -0.4 is 11.1 Å². The van der Waals surface area contributed by atoms with Crippen molar-refractivity contribution in [2.45, 2.75) is 13.5 Å². The fraction of sp³-hybridized carbons (Fsp3) is 0.200. The van der Waals surface area contributed by atoms with Gasteiger partial charge in [0, 0.05) is 12.6 Å². The number of nitrogens with two attached hydrogens (primary N) is 1.